The van der Waals surface area contributed by atoms with E-state index in [9.17, 15) is 4.79 Å². The SMILES string of the molecule is COc1ccc([C@H]2[C@H]3CCc4cc(OC)ccc4C3=NN2/C(C)=C\C(C)=O)cc1. The van der Waals surface area contributed by atoms with Crippen molar-refractivity contribution in [2.24, 2.45) is 11.0 Å². The Labute approximate surface area is 171 Å². The van der Waals surface area contributed by atoms with Gasteiger partial charge < -0.3 is 9.47 Å². The average Bonchev–Trinajstić information content (AvgIpc) is 3.13. The second-order valence-corrected chi connectivity index (χ2v) is 7.61. The van der Waals surface area contributed by atoms with Gasteiger partial charge in [-0.15, -0.1) is 0 Å². The van der Waals surface area contributed by atoms with Crippen molar-refractivity contribution < 1.29 is 14.3 Å². The molecule has 1 heterocycles. The van der Waals surface area contributed by atoms with Crippen LogP contribution in [0.5, 0.6) is 11.5 Å². The lowest BCUT2D eigenvalue weighted by molar-refractivity contribution is -0.112. The fourth-order valence-electron chi connectivity index (χ4n) is 4.42. The van der Waals surface area contributed by atoms with E-state index in [1.54, 1.807) is 27.2 Å². The maximum atomic E-state index is 11.7. The summed E-state index contributed by atoms with van der Waals surface area (Å²) in [7, 11) is 3.36. The summed E-state index contributed by atoms with van der Waals surface area (Å²) in [5.41, 5.74) is 5.56. The van der Waals surface area contributed by atoms with Crippen LogP contribution in [0.25, 0.3) is 0 Å². The van der Waals surface area contributed by atoms with Crippen LogP contribution in [-0.2, 0) is 11.2 Å². The highest BCUT2D eigenvalue weighted by molar-refractivity contribution is 6.06. The van der Waals surface area contributed by atoms with E-state index in [0.29, 0.717) is 0 Å². The molecular formula is C24H26N2O3. The molecule has 0 fully saturated rings. The van der Waals surface area contributed by atoms with Crippen LogP contribution in [0, 0.1) is 5.92 Å². The predicted octanol–water partition coefficient (Wildman–Crippen LogP) is 4.52. The molecule has 0 N–H and O–H groups in total. The Balaban J connectivity index is 1.79. The molecule has 0 saturated carbocycles. The molecular weight excluding hydrogens is 364 g/mol. The molecule has 0 spiro atoms. The van der Waals surface area contributed by atoms with Crippen molar-refractivity contribution in [2.45, 2.75) is 32.7 Å². The van der Waals surface area contributed by atoms with Crippen molar-refractivity contribution in [1.82, 2.24) is 5.01 Å². The Hall–Kier alpha value is -3.08. The van der Waals surface area contributed by atoms with Gasteiger partial charge in [0.25, 0.3) is 0 Å². The molecule has 0 radical (unpaired) electrons. The van der Waals surface area contributed by atoms with Gasteiger partial charge in [0.2, 0.25) is 0 Å². The van der Waals surface area contributed by atoms with E-state index in [4.69, 9.17) is 14.6 Å². The molecule has 5 nitrogen and oxygen atoms in total. The number of ether oxygens (including phenoxy) is 2. The zero-order valence-corrected chi connectivity index (χ0v) is 17.3. The fourth-order valence-corrected chi connectivity index (χ4v) is 4.42. The summed E-state index contributed by atoms with van der Waals surface area (Å²) >= 11 is 0. The smallest absolute Gasteiger partial charge is 0.154 e. The first-order chi connectivity index (χ1) is 14.0. The lowest BCUT2D eigenvalue weighted by Gasteiger charge is -2.31. The molecule has 1 aliphatic heterocycles. The van der Waals surface area contributed by atoms with Crippen LogP contribution in [0.2, 0.25) is 0 Å². The highest BCUT2D eigenvalue weighted by Gasteiger charge is 2.42. The van der Waals surface area contributed by atoms with E-state index < -0.39 is 0 Å². The number of carbonyl (C=O) groups is 1. The van der Waals surface area contributed by atoms with Crippen LogP contribution >= 0.6 is 0 Å². The topological polar surface area (TPSA) is 51.1 Å². The van der Waals surface area contributed by atoms with Crippen LogP contribution in [0.15, 0.2) is 59.3 Å². The molecule has 2 aliphatic rings. The highest BCUT2D eigenvalue weighted by Crippen LogP contribution is 2.45. The molecule has 1 aliphatic carbocycles. The minimum Gasteiger partial charge on any atom is -0.497 e. The van der Waals surface area contributed by atoms with Crippen LogP contribution in [0.3, 0.4) is 0 Å². The molecule has 0 amide bonds. The van der Waals surface area contributed by atoms with Gasteiger partial charge in [-0.05, 0) is 68.1 Å². The zero-order chi connectivity index (χ0) is 20.5. The first-order valence-corrected chi connectivity index (χ1v) is 9.89. The number of benzene rings is 2. The quantitative estimate of drug-likeness (QED) is 0.705. The lowest BCUT2D eigenvalue weighted by Crippen LogP contribution is -2.28. The van der Waals surface area contributed by atoms with Crippen LogP contribution in [0.4, 0.5) is 0 Å². The molecule has 0 aromatic heterocycles. The van der Waals surface area contributed by atoms with Crippen LogP contribution in [0.1, 0.15) is 43.0 Å². The first kappa shape index (κ1) is 19.2. The van der Waals surface area contributed by atoms with E-state index in [1.165, 1.54) is 16.7 Å². The van der Waals surface area contributed by atoms with Crippen molar-refractivity contribution in [3.05, 3.63) is 70.9 Å². The van der Waals surface area contributed by atoms with Crippen LogP contribution in [-0.4, -0.2) is 30.7 Å². The Kier molecular flexibility index (Phi) is 5.14. The van der Waals surface area contributed by atoms with Gasteiger partial charge in [0.05, 0.1) is 26.0 Å². The second kappa shape index (κ2) is 7.74. The highest BCUT2D eigenvalue weighted by atomic mass is 16.5. The van der Waals surface area contributed by atoms with Gasteiger partial charge in [-0.25, -0.2) is 0 Å². The summed E-state index contributed by atoms with van der Waals surface area (Å²) in [6.45, 7) is 3.53. The van der Waals surface area contributed by atoms with Crippen LogP contribution < -0.4 is 9.47 Å². The first-order valence-electron chi connectivity index (χ1n) is 9.89. The van der Waals surface area contributed by atoms with E-state index in [-0.39, 0.29) is 17.7 Å². The minimum atomic E-state index is 0.0242. The van der Waals surface area contributed by atoms with E-state index in [1.807, 2.05) is 30.1 Å². The predicted molar refractivity (Wildman–Crippen MR) is 113 cm³/mol. The molecule has 0 unspecified atom stereocenters. The number of rotatable bonds is 5. The van der Waals surface area contributed by atoms with Crippen molar-refractivity contribution in [1.29, 1.82) is 0 Å². The van der Waals surface area contributed by atoms with Gasteiger partial charge in [0.1, 0.15) is 11.5 Å². The number of nitrogens with zero attached hydrogens (tertiary/aromatic N) is 2. The Bertz CT molecular complexity index is 992. The van der Waals surface area contributed by atoms with Gasteiger partial charge in [-0.2, -0.15) is 5.10 Å². The molecule has 4 rings (SSSR count). The maximum Gasteiger partial charge on any atom is 0.154 e. The Morgan fingerprint density at radius 3 is 2.41 bits per heavy atom. The van der Waals surface area contributed by atoms with E-state index in [2.05, 4.69) is 24.3 Å². The van der Waals surface area contributed by atoms with Gasteiger partial charge in [-0.3, -0.25) is 9.80 Å². The summed E-state index contributed by atoms with van der Waals surface area (Å²) in [4.78, 5) is 11.7. The Morgan fingerprint density at radius 1 is 1.07 bits per heavy atom. The third-order valence-electron chi connectivity index (χ3n) is 5.76. The van der Waals surface area contributed by atoms with Crippen molar-refractivity contribution in [2.75, 3.05) is 14.2 Å². The molecule has 0 saturated heterocycles. The molecule has 150 valence electrons. The third-order valence-corrected chi connectivity index (χ3v) is 5.76. The molecule has 5 heteroatoms. The number of fused-ring (bicyclic) bond motifs is 3. The zero-order valence-electron chi connectivity index (χ0n) is 17.3. The number of hydrogen-bond acceptors (Lipinski definition) is 5. The number of aryl methyl sites for hydroxylation is 1. The van der Waals surface area contributed by atoms with Gasteiger partial charge in [0.15, 0.2) is 5.78 Å². The minimum absolute atomic E-state index is 0.0242. The van der Waals surface area contributed by atoms with Gasteiger partial charge in [0, 0.05) is 23.3 Å². The summed E-state index contributed by atoms with van der Waals surface area (Å²) in [6.07, 6.45) is 3.64. The summed E-state index contributed by atoms with van der Waals surface area (Å²) in [5.74, 6) is 1.99. The van der Waals surface area contributed by atoms with Gasteiger partial charge in [-0.1, -0.05) is 12.1 Å². The number of hydrogen-bond donors (Lipinski definition) is 0. The summed E-state index contributed by atoms with van der Waals surface area (Å²) in [6, 6.07) is 14.4. The summed E-state index contributed by atoms with van der Waals surface area (Å²) in [5, 5.41) is 7.03. The van der Waals surface area contributed by atoms with E-state index in [0.717, 1.165) is 35.7 Å². The number of allylic oxidation sites excluding steroid dienone is 2. The maximum absolute atomic E-state index is 11.7. The number of methoxy groups -OCH3 is 2. The van der Waals surface area contributed by atoms with Crippen molar-refractivity contribution in [3.63, 3.8) is 0 Å². The number of ketones is 1. The number of carbonyl (C=O) groups excluding carboxylic acids is 1. The average molecular weight is 390 g/mol. The van der Waals surface area contributed by atoms with Gasteiger partial charge >= 0.3 is 0 Å². The second-order valence-electron chi connectivity index (χ2n) is 7.61. The fraction of sp³-hybridized carbons (Fsp3) is 0.333. The summed E-state index contributed by atoms with van der Waals surface area (Å²) < 4.78 is 10.7. The number of hydrazone groups is 1. The van der Waals surface area contributed by atoms with E-state index >= 15 is 0 Å². The largest absolute Gasteiger partial charge is 0.497 e. The molecule has 2 atom stereocenters. The van der Waals surface area contributed by atoms with Crippen molar-refractivity contribution in [3.8, 4) is 11.5 Å². The Morgan fingerprint density at radius 2 is 1.76 bits per heavy atom. The third kappa shape index (κ3) is 3.53. The molecule has 2 aromatic rings. The lowest BCUT2D eigenvalue weighted by atomic mass is 9.77. The standard InChI is InChI=1S/C24H26N2O3/c1-15(13-16(2)27)26-24(17-5-8-19(28-3)9-6-17)22-11-7-18-14-20(29-4)10-12-21(18)23(22)25-26/h5-6,8-10,12-14,22,24H,7,11H2,1-4H3/b15-13-/t22-,24-/m0/s1. The van der Waals surface area contributed by atoms with Crippen molar-refractivity contribution >= 4 is 11.5 Å². The monoisotopic (exact) mass is 390 g/mol. The molecule has 0 bridgehead atoms. The molecule has 2 aromatic carbocycles. The molecule has 29 heavy (non-hydrogen) atoms. The normalized spacial score (nSPS) is 20.6.